The smallest absolute Gasteiger partial charge is 0.345 e. The first kappa shape index (κ1) is 11.9. The number of rotatable bonds is 6. The molecule has 2 N–H and O–H groups in total. The normalized spacial score (nSPS) is 12.2. The van der Waals surface area contributed by atoms with Gasteiger partial charge in [0.1, 0.15) is 6.61 Å². The van der Waals surface area contributed by atoms with Gasteiger partial charge in [-0.2, -0.15) is 0 Å². The first-order valence-corrected chi connectivity index (χ1v) is 4.15. The molecule has 5 nitrogen and oxygen atoms in total. The topological polar surface area (TPSA) is 83.8 Å². The lowest BCUT2D eigenvalue weighted by molar-refractivity contribution is -0.166. The second-order valence-electron chi connectivity index (χ2n) is 2.62. The van der Waals surface area contributed by atoms with Gasteiger partial charge in [-0.25, -0.2) is 9.59 Å². The van der Waals surface area contributed by atoms with E-state index in [4.69, 9.17) is 10.2 Å². The Morgan fingerprint density at radius 3 is 2.46 bits per heavy atom. The van der Waals surface area contributed by atoms with E-state index in [1.165, 1.54) is 0 Å². The zero-order chi connectivity index (χ0) is 10.3. The van der Waals surface area contributed by atoms with Gasteiger partial charge in [0.05, 0.1) is 0 Å². The molecule has 0 bridgehead atoms. The first-order chi connectivity index (χ1) is 6.11. The number of aliphatic hydroxyl groups excluding tert-OH is 1. The number of carbonyl (C=O) groups is 2. The minimum Gasteiger partial charge on any atom is -0.479 e. The van der Waals surface area contributed by atoms with Crippen molar-refractivity contribution in [2.75, 3.05) is 6.61 Å². The predicted molar refractivity (Wildman–Crippen MR) is 44.1 cm³/mol. The Balaban J connectivity index is 3.94. The number of esters is 1. The molecule has 0 saturated heterocycles. The number of hydrogen-bond donors (Lipinski definition) is 2. The number of carboxylic acids is 1. The molecule has 0 aliphatic heterocycles. The lowest BCUT2D eigenvalue weighted by atomic mass is 10.1. The molecule has 0 fully saturated rings. The SMILES string of the molecule is CCCCC(OC(=O)CO)C(=O)O. The Morgan fingerprint density at radius 2 is 2.08 bits per heavy atom. The zero-order valence-corrected chi connectivity index (χ0v) is 7.52. The number of aliphatic carboxylic acids is 1. The Morgan fingerprint density at radius 1 is 1.46 bits per heavy atom. The Hall–Kier alpha value is -1.10. The van der Waals surface area contributed by atoms with Gasteiger partial charge < -0.3 is 14.9 Å². The highest BCUT2D eigenvalue weighted by Crippen LogP contribution is 2.05. The van der Waals surface area contributed by atoms with Crippen LogP contribution in [0, 0.1) is 0 Å². The zero-order valence-electron chi connectivity index (χ0n) is 7.52. The largest absolute Gasteiger partial charge is 0.479 e. The maximum absolute atomic E-state index is 10.6. The molecule has 0 saturated carbocycles. The Labute approximate surface area is 76.3 Å². The Kier molecular flexibility index (Phi) is 5.88. The van der Waals surface area contributed by atoms with Crippen LogP contribution in [0.1, 0.15) is 26.2 Å². The third-order valence-electron chi connectivity index (χ3n) is 1.50. The maximum atomic E-state index is 10.6. The maximum Gasteiger partial charge on any atom is 0.345 e. The summed E-state index contributed by atoms with van der Waals surface area (Å²) in [5, 5.41) is 16.9. The summed E-state index contributed by atoms with van der Waals surface area (Å²) < 4.78 is 4.47. The fourth-order valence-corrected chi connectivity index (χ4v) is 0.818. The fourth-order valence-electron chi connectivity index (χ4n) is 0.818. The van der Waals surface area contributed by atoms with Crippen molar-refractivity contribution >= 4 is 11.9 Å². The third-order valence-corrected chi connectivity index (χ3v) is 1.50. The molecule has 0 rings (SSSR count). The van der Waals surface area contributed by atoms with Gasteiger partial charge in [0.25, 0.3) is 0 Å². The van der Waals surface area contributed by atoms with Crippen molar-refractivity contribution in [3.05, 3.63) is 0 Å². The van der Waals surface area contributed by atoms with Crippen LogP contribution in [-0.4, -0.2) is 34.9 Å². The number of unbranched alkanes of at least 4 members (excludes halogenated alkanes) is 1. The molecule has 1 unspecified atom stereocenters. The molecule has 5 heteroatoms. The standard InChI is InChI=1S/C8H14O5/c1-2-3-4-6(8(11)12)13-7(10)5-9/h6,9H,2-5H2,1H3,(H,11,12). The van der Waals surface area contributed by atoms with Crippen molar-refractivity contribution in [3.8, 4) is 0 Å². The van der Waals surface area contributed by atoms with Gasteiger partial charge in [-0.15, -0.1) is 0 Å². The van der Waals surface area contributed by atoms with Gasteiger partial charge in [-0.3, -0.25) is 0 Å². The van der Waals surface area contributed by atoms with Crippen LogP contribution in [0.4, 0.5) is 0 Å². The van der Waals surface area contributed by atoms with Gasteiger partial charge in [0.15, 0.2) is 6.10 Å². The van der Waals surface area contributed by atoms with E-state index in [1.54, 1.807) is 0 Å². The van der Waals surface area contributed by atoms with Gasteiger partial charge in [-0.05, 0) is 12.8 Å². The molecule has 0 aromatic rings. The molecule has 0 aliphatic rings. The van der Waals surface area contributed by atoms with E-state index in [9.17, 15) is 9.59 Å². The number of aliphatic hydroxyl groups is 1. The van der Waals surface area contributed by atoms with Crippen LogP contribution in [0.15, 0.2) is 0 Å². The molecule has 0 spiro atoms. The van der Waals surface area contributed by atoms with E-state index in [2.05, 4.69) is 4.74 Å². The molecule has 0 heterocycles. The molecular formula is C8H14O5. The highest BCUT2D eigenvalue weighted by Gasteiger charge is 2.20. The summed E-state index contributed by atoms with van der Waals surface area (Å²) in [6.07, 6.45) is 0.674. The van der Waals surface area contributed by atoms with Crippen LogP contribution in [0.2, 0.25) is 0 Å². The summed E-state index contributed by atoms with van der Waals surface area (Å²) in [7, 11) is 0. The summed E-state index contributed by atoms with van der Waals surface area (Å²) in [5.74, 6) is -2.07. The Bertz CT molecular complexity index is 177. The minimum absolute atomic E-state index is 0.289. The van der Waals surface area contributed by atoms with E-state index in [0.29, 0.717) is 6.42 Å². The van der Waals surface area contributed by atoms with Crippen LogP contribution < -0.4 is 0 Å². The summed E-state index contributed by atoms with van der Waals surface area (Å²) in [6.45, 7) is 1.13. The van der Waals surface area contributed by atoms with Crippen molar-refractivity contribution < 1.29 is 24.5 Å². The van der Waals surface area contributed by atoms with Gasteiger partial charge in [-0.1, -0.05) is 13.3 Å². The van der Waals surface area contributed by atoms with Crippen molar-refractivity contribution in [2.24, 2.45) is 0 Å². The predicted octanol–water partition coefficient (Wildman–Crippen LogP) is 0.165. The van der Waals surface area contributed by atoms with Crippen LogP contribution in [0.25, 0.3) is 0 Å². The molecule has 0 aromatic heterocycles. The summed E-state index contributed by atoms with van der Waals surface area (Å²) in [4.78, 5) is 21.1. The molecule has 0 amide bonds. The highest BCUT2D eigenvalue weighted by molar-refractivity contribution is 5.78. The number of hydrogen-bond acceptors (Lipinski definition) is 4. The highest BCUT2D eigenvalue weighted by atomic mass is 16.6. The first-order valence-electron chi connectivity index (χ1n) is 4.15. The van der Waals surface area contributed by atoms with E-state index >= 15 is 0 Å². The summed E-state index contributed by atoms with van der Waals surface area (Å²) >= 11 is 0. The molecule has 0 aliphatic carbocycles. The summed E-state index contributed by atoms with van der Waals surface area (Å²) in [5.41, 5.74) is 0. The lowest BCUT2D eigenvalue weighted by Gasteiger charge is -2.11. The van der Waals surface area contributed by atoms with E-state index in [1.807, 2.05) is 6.92 Å². The van der Waals surface area contributed by atoms with Crippen molar-refractivity contribution in [3.63, 3.8) is 0 Å². The minimum atomic E-state index is -1.17. The number of ether oxygens (including phenoxy) is 1. The molecule has 13 heavy (non-hydrogen) atoms. The monoisotopic (exact) mass is 190 g/mol. The molecule has 76 valence electrons. The van der Waals surface area contributed by atoms with Crippen LogP contribution >= 0.6 is 0 Å². The number of carboxylic acid groups (broad SMARTS) is 1. The molecule has 1 atom stereocenters. The van der Waals surface area contributed by atoms with E-state index in [-0.39, 0.29) is 6.42 Å². The second kappa shape index (κ2) is 6.42. The second-order valence-corrected chi connectivity index (χ2v) is 2.62. The molecule has 0 radical (unpaired) electrons. The van der Waals surface area contributed by atoms with Crippen molar-refractivity contribution in [2.45, 2.75) is 32.3 Å². The van der Waals surface area contributed by atoms with Gasteiger partial charge in [0.2, 0.25) is 0 Å². The van der Waals surface area contributed by atoms with Gasteiger partial charge in [0, 0.05) is 0 Å². The van der Waals surface area contributed by atoms with E-state index < -0.39 is 24.6 Å². The molecular weight excluding hydrogens is 176 g/mol. The van der Waals surface area contributed by atoms with Crippen LogP contribution in [-0.2, 0) is 14.3 Å². The van der Waals surface area contributed by atoms with Crippen LogP contribution in [0.3, 0.4) is 0 Å². The van der Waals surface area contributed by atoms with Crippen molar-refractivity contribution in [1.82, 2.24) is 0 Å². The van der Waals surface area contributed by atoms with Crippen molar-refractivity contribution in [1.29, 1.82) is 0 Å². The van der Waals surface area contributed by atoms with E-state index in [0.717, 1.165) is 6.42 Å². The third kappa shape index (κ3) is 5.19. The summed E-state index contributed by atoms with van der Waals surface area (Å²) in [6, 6.07) is 0. The lowest BCUT2D eigenvalue weighted by Crippen LogP contribution is -2.28. The average molecular weight is 190 g/mol. The quantitative estimate of drug-likeness (QED) is 0.583. The van der Waals surface area contributed by atoms with Gasteiger partial charge >= 0.3 is 11.9 Å². The average Bonchev–Trinajstić information content (AvgIpc) is 2.11. The van der Waals surface area contributed by atoms with Crippen LogP contribution in [0.5, 0.6) is 0 Å². The molecule has 0 aromatic carbocycles. The number of carbonyl (C=O) groups excluding carboxylic acids is 1. The fraction of sp³-hybridized carbons (Fsp3) is 0.750.